The van der Waals surface area contributed by atoms with Crippen LogP contribution in [0, 0.1) is 0 Å². The van der Waals surface area contributed by atoms with E-state index in [4.69, 9.17) is 9.47 Å². The molecule has 4 rings (SSSR count). The van der Waals surface area contributed by atoms with Gasteiger partial charge in [0, 0.05) is 11.6 Å². The molecule has 0 bridgehead atoms. The van der Waals surface area contributed by atoms with Crippen molar-refractivity contribution in [3.8, 4) is 11.5 Å². The lowest BCUT2D eigenvalue weighted by molar-refractivity contribution is 0.170. The van der Waals surface area contributed by atoms with E-state index in [-0.39, 0.29) is 0 Å². The van der Waals surface area contributed by atoms with Crippen molar-refractivity contribution in [1.82, 2.24) is 0 Å². The highest BCUT2D eigenvalue weighted by Gasteiger charge is 2.21. The van der Waals surface area contributed by atoms with Crippen LogP contribution in [-0.2, 0) is 0 Å². The SMILES string of the molecule is O[C@@H](c1ccccc1)c1cc2c(cc1N=Nc1ccccc1)OCCO2. The van der Waals surface area contributed by atoms with Gasteiger partial charge in [0.15, 0.2) is 11.5 Å². The fourth-order valence-electron chi connectivity index (χ4n) is 2.82. The molecule has 0 spiro atoms. The van der Waals surface area contributed by atoms with E-state index in [0.29, 0.717) is 36.0 Å². The highest BCUT2D eigenvalue weighted by molar-refractivity contribution is 5.60. The van der Waals surface area contributed by atoms with Gasteiger partial charge in [-0.1, -0.05) is 48.5 Å². The Balaban J connectivity index is 1.76. The first-order valence-corrected chi connectivity index (χ1v) is 8.44. The number of ether oxygens (including phenoxy) is 2. The molecule has 1 N–H and O–H groups in total. The number of azo groups is 1. The van der Waals surface area contributed by atoms with Crippen LogP contribution in [0.2, 0.25) is 0 Å². The molecule has 1 heterocycles. The van der Waals surface area contributed by atoms with Crippen molar-refractivity contribution in [3.63, 3.8) is 0 Å². The Morgan fingerprint density at radius 2 is 1.38 bits per heavy atom. The molecule has 0 aromatic heterocycles. The molecule has 0 fully saturated rings. The predicted molar refractivity (Wildman–Crippen MR) is 98.6 cm³/mol. The van der Waals surface area contributed by atoms with E-state index in [1.54, 1.807) is 12.1 Å². The van der Waals surface area contributed by atoms with Crippen molar-refractivity contribution >= 4 is 11.4 Å². The molecule has 3 aromatic rings. The molecule has 3 aromatic carbocycles. The Bertz CT molecular complexity index is 911. The minimum absolute atomic E-state index is 0.485. The molecular weight excluding hydrogens is 328 g/mol. The first-order valence-electron chi connectivity index (χ1n) is 8.44. The number of benzene rings is 3. The largest absolute Gasteiger partial charge is 0.486 e. The van der Waals surface area contributed by atoms with E-state index in [9.17, 15) is 5.11 Å². The molecule has 1 atom stereocenters. The number of nitrogens with zero attached hydrogens (tertiary/aromatic N) is 2. The van der Waals surface area contributed by atoms with E-state index in [1.165, 1.54) is 0 Å². The van der Waals surface area contributed by atoms with Crippen LogP contribution in [0.25, 0.3) is 0 Å². The van der Waals surface area contributed by atoms with Gasteiger partial charge in [0.05, 0.1) is 11.4 Å². The minimum Gasteiger partial charge on any atom is -0.486 e. The Kier molecular flexibility index (Phi) is 4.62. The Morgan fingerprint density at radius 3 is 2.08 bits per heavy atom. The third-order valence-corrected chi connectivity index (χ3v) is 4.13. The molecule has 0 radical (unpaired) electrons. The van der Waals surface area contributed by atoms with Crippen molar-refractivity contribution in [1.29, 1.82) is 0 Å². The van der Waals surface area contributed by atoms with Gasteiger partial charge in [0.1, 0.15) is 19.3 Å². The molecule has 0 saturated heterocycles. The second-order valence-corrected chi connectivity index (χ2v) is 5.90. The van der Waals surface area contributed by atoms with Crippen molar-refractivity contribution in [2.75, 3.05) is 13.2 Å². The van der Waals surface area contributed by atoms with E-state index >= 15 is 0 Å². The van der Waals surface area contributed by atoms with E-state index < -0.39 is 6.10 Å². The van der Waals surface area contributed by atoms with E-state index in [0.717, 1.165) is 11.3 Å². The minimum atomic E-state index is -0.836. The number of hydrogen-bond donors (Lipinski definition) is 1. The van der Waals surface area contributed by atoms with Crippen LogP contribution in [0.4, 0.5) is 11.4 Å². The third-order valence-electron chi connectivity index (χ3n) is 4.13. The standard InChI is InChI=1S/C21H18N2O3/c24-21(15-7-3-1-4-8-15)17-13-19-20(26-12-11-25-19)14-18(17)23-22-16-9-5-2-6-10-16/h1-10,13-14,21,24H,11-12H2/t21-/m0/s1. The Morgan fingerprint density at radius 1 is 0.769 bits per heavy atom. The van der Waals surface area contributed by atoms with Gasteiger partial charge in [0.25, 0.3) is 0 Å². The third kappa shape index (κ3) is 3.43. The summed E-state index contributed by atoms with van der Waals surface area (Å²) < 4.78 is 11.3. The average molecular weight is 346 g/mol. The predicted octanol–water partition coefficient (Wildman–Crippen LogP) is 4.95. The maximum Gasteiger partial charge on any atom is 0.163 e. The summed E-state index contributed by atoms with van der Waals surface area (Å²) in [5.74, 6) is 1.22. The summed E-state index contributed by atoms with van der Waals surface area (Å²) in [6.45, 7) is 0.974. The van der Waals surface area contributed by atoms with Crippen molar-refractivity contribution in [2.45, 2.75) is 6.10 Å². The Hall–Kier alpha value is -3.18. The van der Waals surface area contributed by atoms with E-state index in [1.807, 2.05) is 60.7 Å². The van der Waals surface area contributed by atoms with Crippen molar-refractivity contribution < 1.29 is 14.6 Å². The molecule has 5 heteroatoms. The molecule has 0 saturated carbocycles. The first-order chi connectivity index (χ1) is 12.8. The lowest BCUT2D eigenvalue weighted by atomic mass is 9.99. The summed E-state index contributed by atoms with van der Waals surface area (Å²) in [6.07, 6.45) is -0.836. The van der Waals surface area contributed by atoms with Gasteiger partial charge in [0.2, 0.25) is 0 Å². The number of hydrogen-bond acceptors (Lipinski definition) is 5. The van der Waals surface area contributed by atoms with Crippen molar-refractivity contribution in [2.24, 2.45) is 10.2 Å². The van der Waals surface area contributed by atoms with Gasteiger partial charge in [-0.2, -0.15) is 10.2 Å². The summed E-state index contributed by atoms with van der Waals surface area (Å²) >= 11 is 0. The Labute approximate surface area is 151 Å². The van der Waals surface area contributed by atoms with E-state index in [2.05, 4.69) is 10.2 Å². The molecule has 26 heavy (non-hydrogen) atoms. The number of aliphatic hydroxyl groups is 1. The molecule has 0 aliphatic carbocycles. The lowest BCUT2D eigenvalue weighted by Gasteiger charge is -2.21. The molecule has 1 aliphatic rings. The van der Waals surface area contributed by atoms with Gasteiger partial charge < -0.3 is 14.6 Å². The normalized spacial score (nSPS) is 14.3. The summed E-state index contributed by atoms with van der Waals surface area (Å²) in [7, 11) is 0. The first kappa shape index (κ1) is 16.3. The topological polar surface area (TPSA) is 63.4 Å². The van der Waals surface area contributed by atoms with Crippen LogP contribution in [-0.4, -0.2) is 18.3 Å². The summed E-state index contributed by atoms with van der Waals surface area (Å²) in [5, 5.41) is 19.5. The van der Waals surface area contributed by atoms with Crippen LogP contribution in [0.15, 0.2) is 83.0 Å². The highest BCUT2D eigenvalue weighted by atomic mass is 16.6. The lowest BCUT2D eigenvalue weighted by Crippen LogP contribution is -2.15. The quantitative estimate of drug-likeness (QED) is 0.680. The second-order valence-electron chi connectivity index (χ2n) is 5.90. The molecular formula is C21H18N2O3. The molecule has 130 valence electrons. The average Bonchev–Trinajstić information content (AvgIpc) is 2.72. The zero-order chi connectivity index (χ0) is 17.8. The number of fused-ring (bicyclic) bond motifs is 1. The van der Waals surface area contributed by atoms with Gasteiger partial charge >= 0.3 is 0 Å². The summed E-state index contributed by atoms with van der Waals surface area (Å²) in [4.78, 5) is 0. The zero-order valence-corrected chi connectivity index (χ0v) is 14.1. The van der Waals surface area contributed by atoms with Crippen molar-refractivity contribution in [3.05, 3.63) is 83.9 Å². The van der Waals surface area contributed by atoms with Crippen LogP contribution in [0.5, 0.6) is 11.5 Å². The van der Waals surface area contributed by atoms with Crippen LogP contribution in [0.3, 0.4) is 0 Å². The molecule has 0 amide bonds. The summed E-state index contributed by atoms with van der Waals surface area (Å²) in [5.41, 5.74) is 2.69. The van der Waals surface area contributed by atoms with Crippen LogP contribution in [0.1, 0.15) is 17.2 Å². The maximum absolute atomic E-state index is 10.9. The smallest absolute Gasteiger partial charge is 0.163 e. The van der Waals surface area contributed by atoms with Crippen LogP contribution >= 0.6 is 0 Å². The maximum atomic E-state index is 10.9. The highest BCUT2D eigenvalue weighted by Crippen LogP contribution is 2.41. The van der Waals surface area contributed by atoms with Gasteiger partial charge in [-0.25, -0.2) is 0 Å². The summed E-state index contributed by atoms with van der Waals surface area (Å²) in [6, 6.07) is 22.5. The fraction of sp³-hybridized carbons (Fsp3) is 0.143. The van der Waals surface area contributed by atoms with Crippen LogP contribution < -0.4 is 9.47 Å². The van der Waals surface area contributed by atoms with Gasteiger partial charge in [-0.15, -0.1) is 0 Å². The van der Waals surface area contributed by atoms with Gasteiger partial charge in [-0.05, 0) is 23.8 Å². The monoisotopic (exact) mass is 346 g/mol. The van der Waals surface area contributed by atoms with Gasteiger partial charge in [-0.3, -0.25) is 0 Å². The zero-order valence-electron chi connectivity index (χ0n) is 14.1. The molecule has 5 nitrogen and oxygen atoms in total. The number of aliphatic hydroxyl groups excluding tert-OH is 1. The molecule has 0 unspecified atom stereocenters. The molecule has 1 aliphatic heterocycles. The second kappa shape index (κ2) is 7.37. The number of rotatable bonds is 4. The fourth-order valence-corrected chi connectivity index (χ4v) is 2.82.